The molecule has 0 bridgehead atoms. The minimum atomic E-state index is 0.175. The smallest absolute Gasteiger partial charge is 0.137 e. The number of pyridine rings is 1. The Morgan fingerprint density at radius 3 is 3.04 bits per heavy atom. The van der Waals surface area contributed by atoms with Crippen molar-refractivity contribution in [2.24, 2.45) is 0 Å². The monoisotopic (exact) mass is 359 g/mol. The molecule has 1 aromatic carbocycles. The average molecular weight is 359 g/mol. The highest BCUT2D eigenvalue weighted by Crippen LogP contribution is 2.25. The second-order valence-corrected chi connectivity index (χ2v) is 6.95. The first-order chi connectivity index (χ1) is 13.4. The molecule has 1 N–H and O–H groups in total. The largest absolute Gasteiger partial charge is 0.490 e. The summed E-state index contributed by atoms with van der Waals surface area (Å²) in [7, 11) is 0. The standard InChI is InChI=1S/C21H21N5O/c1-3-16(20-7-9-23-21(20)5-1)12-25-13-17-6-10-24-26(17)18(14-25)15-27-19-4-2-8-22-11-19/h1-11,18,23H,12-15H2. The van der Waals surface area contributed by atoms with E-state index in [2.05, 4.69) is 55.0 Å². The Balaban J connectivity index is 1.35. The molecule has 1 atom stereocenters. The molecular formula is C21H21N5O. The van der Waals surface area contributed by atoms with Crippen LogP contribution in [-0.2, 0) is 13.1 Å². The van der Waals surface area contributed by atoms with Crippen molar-refractivity contribution in [1.82, 2.24) is 24.6 Å². The van der Waals surface area contributed by atoms with E-state index in [0.29, 0.717) is 6.61 Å². The van der Waals surface area contributed by atoms with E-state index in [4.69, 9.17) is 4.74 Å². The van der Waals surface area contributed by atoms with Crippen LogP contribution in [0.5, 0.6) is 5.75 Å². The summed E-state index contributed by atoms with van der Waals surface area (Å²) in [4.78, 5) is 9.88. The fraction of sp³-hybridized carbons (Fsp3) is 0.238. The second kappa shape index (κ2) is 6.89. The number of rotatable bonds is 5. The summed E-state index contributed by atoms with van der Waals surface area (Å²) in [5.41, 5.74) is 3.75. The van der Waals surface area contributed by atoms with E-state index in [-0.39, 0.29) is 6.04 Å². The highest BCUT2D eigenvalue weighted by molar-refractivity contribution is 5.82. The fourth-order valence-corrected chi connectivity index (χ4v) is 3.86. The molecule has 4 heterocycles. The summed E-state index contributed by atoms with van der Waals surface area (Å²) in [6.45, 7) is 3.27. The Labute approximate surface area is 157 Å². The maximum atomic E-state index is 5.97. The lowest BCUT2D eigenvalue weighted by Crippen LogP contribution is -2.39. The normalized spacial score (nSPS) is 17.1. The Bertz CT molecular complexity index is 1040. The van der Waals surface area contributed by atoms with Crippen molar-refractivity contribution >= 4 is 10.9 Å². The molecule has 0 saturated heterocycles. The van der Waals surface area contributed by atoms with Gasteiger partial charge in [-0.05, 0) is 35.9 Å². The zero-order valence-electron chi connectivity index (χ0n) is 15.0. The Morgan fingerprint density at radius 2 is 2.11 bits per heavy atom. The molecule has 6 nitrogen and oxygen atoms in total. The van der Waals surface area contributed by atoms with Gasteiger partial charge in [0.15, 0.2) is 0 Å². The van der Waals surface area contributed by atoms with Gasteiger partial charge in [0.1, 0.15) is 12.4 Å². The first kappa shape index (κ1) is 16.1. The average Bonchev–Trinajstić information content (AvgIpc) is 3.36. The van der Waals surface area contributed by atoms with Gasteiger partial charge in [-0.3, -0.25) is 14.6 Å². The highest BCUT2D eigenvalue weighted by Gasteiger charge is 2.26. The zero-order valence-corrected chi connectivity index (χ0v) is 15.0. The van der Waals surface area contributed by atoms with Crippen molar-refractivity contribution in [3.05, 3.63) is 78.5 Å². The Hall–Kier alpha value is -3.12. The number of H-pyrrole nitrogens is 1. The Morgan fingerprint density at radius 1 is 1.11 bits per heavy atom. The quantitative estimate of drug-likeness (QED) is 0.593. The molecule has 0 amide bonds. The molecule has 0 fully saturated rings. The molecule has 0 saturated carbocycles. The molecule has 1 aliphatic heterocycles. The van der Waals surface area contributed by atoms with Gasteiger partial charge >= 0.3 is 0 Å². The predicted molar refractivity (Wildman–Crippen MR) is 103 cm³/mol. The van der Waals surface area contributed by atoms with Crippen LogP contribution in [0.15, 0.2) is 67.3 Å². The van der Waals surface area contributed by atoms with Crippen LogP contribution in [0.25, 0.3) is 10.9 Å². The van der Waals surface area contributed by atoms with E-state index >= 15 is 0 Å². The Kier molecular flexibility index (Phi) is 4.10. The van der Waals surface area contributed by atoms with Crippen LogP contribution in [0.3, 0.4) is 0 Å². The molecule has 0 radical (unpaired) electrons. The molecule has 4 aromatic rings. The SMILES string of the molecule is c1cncc(OCC2CN(Cc3cccc4[nH]ccc34)Cc3ccnn32)c1. The third-order valence-electron chi connectivity index (χ3n) is 5.11. The van der Waals surface area contributed by atoms with Gasteiger partial charge in [-0.2, -0.15) is 5.10 Å². The lowest BCUT2D eigenvalue weighted by molar-refractivity contribution is 0.127. The number of aromatic amines is 1. The second-order valence-electron chi connectivity index (χ2n) is 6.95. The number of aromatic nitrogens is 4. The molecule has 0 aliphatic carbocycles. The van der Waals surface area contributed by atoms with Gasteiger partial charge in [0.05, 0.1) is 17.9 Å². The van der Waals surface area contributed by atoms with E-state index in [1.807, 2.05) is 24.5 Å². The third-order valence-corrected chi connectivity index (χ3v) is 5.11. The maximum Gasteiger partial charge on any atom is 0.137 e. The first-order valence-corrected chi connectivity index (χ1v) is 9.19. The van der Waals surface area contributed by atoms with Gasteiger partial charge in [0, 0.05) is 49.1 Å². The van der Waals surface area contributed by atoms with Crippen LogP contribution in [0.4, 0.5) is 0 Å². The summed E-state index contributed by atoms with van der Waals surface area (Å²) in [6.07, 6.45) is 7.38. The van der Waals surface area contributed by atoms with E-state index < -0.39 is 0 Å². The van der Waals surface area contributed by atoms with Crippen LogP contribution >= 0.6 is 0 Å². The van der Waals surface area contributed by atoms with Crippen molar-refractivity contribution < 1.29 is 4.74 Å². The van der Waals surface area contributed by atoms with E-state index in [0.717, 1.165) is 25.4 Å². The lowest BCUT2D eigenvalue weighted by atomic mass is 10.1. The molecular weight excluding hydrogens is 338 g/mol. The molecule has 1 aliphatic rings. The molecule has 1 unspecified atom stereocenters. The van der Waals surface area contributed by atoms with Crippen LogP contribution in [0.1, 0.15) is 17.3 Å². The maximum absolute atomic E-state index is 5.97. The fourth-order valence-electron chi connectivity index (χ4n) is 3.86. The van der Waals surface area contributed by atoms with Crippen molar-refractivity contribution in [2.45, 2.75) is 19.1 Å². The van der Waals surface area contributed by atoms with Gasteiger partial charge in [0.2, 0.25) is 0 Å². The summed E-state index contributed by atoms with van der Waals surface area (Å²) in [5.74, 6) is 0.792. The minimum absolute atomic E-state index is 0.175. The van der Waals surface area contributed by atoms with Crippen molar-refractivity contribution in [3.63, 3.8) is 0 Å². The number of benzene rings is 1. The zero-order chi connectivity index (χ0) is 18.1. The van der Waals surface area contributed by atoms with Gasteiger partial charge in [-0.15, -0.1) is 0 Å². The topological polar surface area (TPSA) is 59.0 Å². The van der Waals surface area contributed by atoms with E-state index in [1.165, 1.54) is 22.2 Å². The van der Waals surface area contributed by atoms with Gasteiger partial charge in [-0.1, -0.05) is 12.1 Å². The number of hydrogen-bond donors (Lipinski definition) is 1. The molecule has 3 aromatic heterocycles. The molecule has 136 valence electrons. The van der Waals surface area contributed by atoms with Crippen molar-refractivity contribution in [2.75, 3.05) is 13.2 Å². The van der Waals surface area contributed by atoms with Crippen LogP contribution in [0.2, 0.25) is 0 Å². The van der Waals surface area contributed by atoms with E-state index in [1.54, 1.807) is 12.4 Å². The number of hydrogen-bond acceptors (Lipinski definition) is 4. The lowest BCUT2D eigenvalue weighted by Gasteiger charge is -2.34. The molecule has 27 heavy (non-hydrogen) atoms. The number of ether oxygens (including phenoxy) is 1. The number of nitrogens with one attached hydrogen (secondary N) is 1. The van der Waals surface area contributed by atoms with Crippen molar-refractivity contribution in [3.8, 4) is 5.75 Å². The molecule has 6 heteroatoms. The summed E-state index contributed by atoms with van der Waals surface area (Å²) in [5, 5.41) is 5.81. The van der Waals surface area contributed by atoms with Gasteiger partial charge in [-0.25, -0.2) is 0 Å². The molecule has 5 rings (SSSR count). The van der Waals surface area contributed by atoms with Gasteiger partial charge < -0.3 is 9.72 Å². The van der Waals surface area contributed by atoms with E-state index in [9.17, 15) is 0 Å². The summed E-state index contributed by atoms with van der Waals surface area (Å²) in [6, 6.07) is 14.7. The third kappa shape index (κ3) is 3.19. The molecule has 0 spiro atoms. The highest BCUT2D eigenvalue weighted by atomic mass is 16.5. The summed E-state index contributed by atoms with van der Waals surface area (Å²) >= 11 is 0. The van der Waals surface area contributed by atoms with Gasteiger partial charge in [0.25, 0.3) is 0 Å². The van der Waals surface area contributed by atoms with Crippen LogP contribution in [-0.4, -0.2) is 37.8 Å². The van der Waals surface area contributed by atoms with Crippen LogP contribution in [0, 0.1) is 0 Å². The number of nitrogens with zero attached hydrogens (tertiary/aromatic N) is 4. The minimum Gasteiger partial charge on any atom is -0.490 e. The first-order valence-electron chi connectivity index (χ1n) is 9.19. The van der Waals surface area contributed by atoms with Crippen LogP contribution < -0.4 is 4.74 Å². The van der Waals surface area contributed by atoms with Crippen molar-refractivity contribution in [1.29, 1.82) is 0 Å². The number of fused-ring (bicyclic) bond motifs is 2. The predicted octanol–water partition coefficient (Wildman–Crippen LogP) is 3.40. The summed E-state index contributed by atoms with van der Waals surface area (Å²) < 4.78 is 8.07.